The smallest absolute Gasteiger partial charge is 0.231 e. The lowest BCUT2D eigenvalue weighted by atomic mass is 10.3. The summed E-state index contributed by atoms with van der Waals surface area (Å²) >= 11 is 1.20. The van der Waals surface area contributed by atoms with Gasteiger partial charge in [-0.1, -0.05) is 6.07 Å². The maximum absolute atomic E-state index is 4.81. The maximum Gasteiger partial charge on any atom is 0.231 e. The molecule has 1 aliphatic rings. The number of rotatable bonds is 4. The molecule has 6 rings (SSSR count). The fraction of sp³-hybridized carbons (Fsp3) is 0.200. The molecule has 1 fully saturated rings. The minimum atomic E-state index is 0.515. The molecule has 0 spiro atoms. The number of aromatic nitrogens is 7. The molecule has 1 aromatic carbocycles. The Balaban J connectivity index is 1.27. The van der Waals surface area contributed by atoms with Crippen molar-refractivity contribution in [1.82, 2.24) is 33.7 Å². The number of pyridine rings is 1. The van der Waals surface area contributed by atoms with Crippen molar-refractivity contribution in [2.24, 2.45) is 0 Å². The summed E-state index contributed by atoms with van der Waals surface area (Å²) in [6.07, 6.45) is 3.49. The van der Waals surface area contributed by atoms with E-state index in [4.69, 9.17) is 4.98 Å². The van der Waals surface area contributed by atoms with Gasteiger partial charge in [0.05, 0.1) is 18.1 Å². The zero-order chi connectivity index (χ0) is 20.6. The average Bonchev–Trinajstić information content (AvgIpc) is 3.48. The van der Waals surface area contributed by atoms with E-state index in [-0.39, 0.29) is 0 Å². The highest BCUT2D eigenvalue weighted by Gasteiger charge is 2.22. The molecule has 1 aliphatic heterocycles. The van der Waals surface area contributed by atoms with Crippen molar-refractivity contribution in [3.8, 4) is 0 Å². The first-order valence-electron chi connectivity index (χ1n) is 9.95. The number of H-pyrrole nitrogens is 1. The molecular weight excluding hydrogens is 412 g/mol. The topological polar surface area (TPSA) is 112 Å². The molecule has 10 nitrogen and oxygen atoms in total. The number of piperazine rings is 1. The van der Waals surface area contributed by atoms with Gasteiger partial charge in [-0.3, -0.25) is 0 Å². The number of benzene rings is 1. The molecule has 0 amide bonds. The number of anilines is 4. The van der Waals surface area contributed by atoms with Crippen LogP contribution in [-0.4, -0.2) is 59.8 Å². The molecule has 0 radical (unpaired) electrons. The fourth-order valence-corrected chi connectivity index (χ4v) is 4.29. The van der Waals surface area contributed by atoms with Crippen molar-refractivity contribution >= 4 is 57.2 Å². The third kappa shape index (κ3) is 3.38. The summed E-state index contributed by atoms with van der Waals surface area (Å²) in [5, 5.41) is 3.30. The Morgan fingerprint density at radius 2 is 1.77 bits per heavy atom. The van der Waals surface area contributed by atoms with Gasteiger partial charge in [-0.05, 0) is 30.3 Å². The summed E-state index contributed by atoms with van der Waals surface area (Å²) in [6, 6.07) is 11.8. The van der Waals surface area contributed by atoms with Crippen LogP contribution >= 0.6 is 11.7 Å². The zero-order valence-electron chi connectivity index (χ0n) is 16.4. The normalized spacial score (nSPS) is 14.5. The summed E-state index contributed by atoms with van der Waals surface area (Å²) in [7, 11) is 0. The van der Waals surface area contributed by atoms with E-state index in [1.54, 1.807) is 6.33 Å². The first-order chi connectivity index (χ1) is 15.3. The Labute approximate surface area is 181 Å². The van der Waals surface area contributed by atoms with Crippen LogP contribution in [0.25, 0.3) is 22.2 Å². The number of nitrogens with zero attached hydrogens (tertiary/aromatic N) is 8. The van der Waals surface area contributed by atoms with Gasteiger partial charge < -0.3 is 20.1 Å². The Kier molecular flexibility index (Phi) is 4.31. The van der Waals surface area contributed by atoms with Crippen molar-refractivity contribution < 1.29 is 0 Å². The summed E-state index contributed by atoms with van der Waals surface area (Å²) in [4.78, 5) is 26.0. The van der Waals surface area contributed by atoms with E-state index in [1.807, 2.05) is 42.6 Å². The van der Waals surface area contributed by atoms with Crippen molar-refractivity contribution in [1.29, 1.82) is 0 Å². The fourth-order valence-electron chi connectivity index (χ4n) is 3.77. The van der Waals surface area contributed by atoms with Gasteiger partial charge in [0.15, 0.2) is 17.0 Å². The van der Waals surface area contributed by atoms with Crippen LogP contribution in [0.4, 0.5) is 23.3 Å². The van der Waals surface area contributed by atoms with Gasteiger partial charge in [0.1, 0.15) is 16.9 Å². The van der Waals surface area contributed by atoms with E-state index < -0.39 is 0 Å². The average molecular weight is 431 g/mol. The van der Waals surface area contributed by atoms with Crippen LogP contribution in [0.5, 0.6) is 0 Å². The Morgan fingerprint density at radius 3 is 2.65 bits per heavy atom. The maximum atomic E-state index is 4.81. The Bertz CT molecular complexity index is 1340. The third-order valence-corrected chi connectivity index (χ3v) is 5.88. The quantitative estimate of drug-likeness (QED) is 0.444. The molecule has 4 aromatic heterocycles. The van der Waals surface area contributed by atoms with E-state index in [0.717, 1.165) is 60.1 Å². The van der Waals surface area contributed by atoms with Gasteiger partial charge in [-0.15, -0.1) is 0 Å². The summed E-state index contributed by atoms with van der Waals surface area (Å²) in [5.74, 6) is 2.34. The van der Waals surface area contributed by atoms with Crippen molar-refractivity contribution in [3.05, 3.63) is 48.9 Å². The predicted molar refractivity (Wildman–Crippen MR) is 121 cm³/mol. The van der Waals surface area contributed by atoms with E-state index in [0.29, 0.717) is 11.6 Å². The molecule has 0 bridgehead atoms. The Hall–Kier alpha value is -3.86. The predicted octanol–water partition coefficient (Wildman–Crippen LogP) is 2.82. The second kappa shape index (κ2) is 7.43. The lowest BCUT2D eigenvalue weighted by molar-refractivity contribution is 0.643. The van der Waals surface area contributed by atoms with E-state index in [1.165, 1.54) is 11.7 Å². The highest BCUT2D eigenvalue weighted by molar-refractivity contribution is 7.00. The first kappa shape index (κ1) is 18.0. The number of hydrogen-bond acceptors (Lipinski definition) is 10. The molecule has 154 valence electrons. The minimum absolute atomic E-state index is 0.515. The molecule has 11 heteroatoms. The van der Waals surface area contributed by atoms with E-state index in [2.05, 4.69) is 43.8 Å². The largest absolute Gasteiger partial charge is 0.353 e. The molecular formula is C20H18N10S. The molecule has 0 unspecified atom stereocenters. The SMILES string of the molecule is c1ccc(N2CCN(c3nc(Nc4ccc5nsnc5c4)nc4[nH]cnc34)CC2)nc1. The number of nitrogens with one attached hydrogen (secondary N) is 2. The van der Waals surface area contributed by atoms with Gasteiger partial charge in [-0.25, -0.2) is 9.97 Å². The molecule has 2 N–H and O–H groups in total. The second-order valence-corrected chi connectivity index (χ2v) is 7.75. The Morgan fingerprint density at radius 1 is 0.903 bits per heavy atom. The first-order valence-corrected chi connectivity index (χ1v) is 10.7. The number of hydrogen-bond donors (Lipinski definition) is 2. The van der Waals surface area contributed by atoms with Crippen molar-refractivity contribution in [2.75, 3.05) is 41.3 Å². The lowest BCUT2D eigenvalue weighted by Gasteiger charge is -2.36. The van der Waals surface area contributed by atoms with Gasteiger partial charge in [0.2, 0.25) is 5.95 Å². The van der Waals surface area contributed by atoms with Crippen LogP contribution in [0.3, 0.4) is 0 Å². The van der Waals surface area contributed by atoms with E-state index >= 15 is 0 Å². The highest BCUT2D eigenvalue weighted by Crippen LogP contribution is 2.27. The molecule has 5 aromatic rings. The van der Waals surface area contributed by atoms with Crippen LogP contribution in [0.2, 0.25) is 0 Å². The number of fused-ring (bicyclic) bond motifs is 2. The highest BCUT2D eigenvalue weighted by atomic mass is 32.1. The van der Waals surface area contributed by atoms with Crippen LogP contribution in [0, 0.1) is 0 Å². The molecule has 31 heavy (non-hydrogen) atoms. The molecule has 0 saturated carbocycles. The molecule has 0 atom stereocenters. The summed E-state index contributed by atoms with van der Waals surface area (Å²) in [6.45, 7) is 3.38. The zero-order valence-corrected chi connectivity index (χ0v) is 17.2. The van der Waals surface area contributed by atoms with Gasteiger partial charge in [0, 0.05) is 38.1 Å². The minimum Gasteiger partial charge on any atom is -0.353 e. The summed E-state index contributed by atoms with van der Waals surface area (Å²) in [5.41, 5.74) is 4.08. The van der Waals surface area contributed by atoms with Crippen LogP contribution in [0.1, 0.15) is 0 Å². The van der Waals surface area contributed by atoms with Crippen LogP contribution < -0.4 is 15.1 Å². The van der Waals surface area contributed by atoms with Crippen molar-refractivity contribution in [2.45, 2.75) is 0 Å². The second-order valence-electron chi connectivity index (χ2n) is 7.23. The van der Waals surface area contributed by atoms with Gasteiger partial charge >= 0.3 is 0 Å². The van der Waals surface area contributed by atoms with Gasteiger partial charge in [-0.2, -0.15) is 18.7 Å². The monoisotopic (exact) mass is 430 g/mol. The van der Waals surface area contributed by atoms with Crippen LogP contribution in [0.15, 0.2) is 48.9 Å². The van der Waals surface area contributed by atoms with Crippen LogP contribution in [-0.2, 0) is 0 Å². The molecule has 5 heterocycles. The number of aromatic amines is 1. The lowest BCUT2D eigenvalue weighted by Crippen LogP contribution is -2.47. The van der Waals surface area contributed by atoms with Crippen molar-refractivity contribution in [3.63, 3.8) is 0 Å². The summed E-state index contributed by atoms with van der Waals surface area (Å²) < 4.78 is 8.55. The van der Waals surface area contributed by atoms with E-state index in [9.17, 15) is 0 Å². The molecule has 0 aliphatic carbocycles. The standard InChI is InChI=1S/C20H18N10S/c1-2-6-21-16(3-1)29-7-9-30(10-8-29)19-17-18(23-12-22-17)25-20(26-19)24-13-4-5-14-15(11-13)28-31-27-14/h1-6,11-12H,7-10H2,(H2,22,23,24,25,26). The molecule has 1 saturated heterocycles. The number of imidazole rings is 1. The van der Waals surface area contributed by atoms with Gasteiger partial charge in [0.25, 0.3) is 0 Å². The third-order valence-electron chi connectivity index (χ3n) is 5.32.